The number of rotatable bonds is 5. The molecule has 0 aliphatic heterocycles. The third-order valence-corrected chi connectivity index (χ3v) is 4.36. The molecule has 0 bridgehead atoms. The van der Waals surface area contributed by atoms with Crippen molar-refractivity contribution in [3.8, 4) is 11.5 Å². The summed E-state index contributed by atoms with van der Waals surface area (Å²) in [4.78, 5) is 23.4. The molecule has 10 heteroatoms. The van der Waals surface area contributed by atoms with Crippen LogP contribution in [0.15, 0.2) is 52.2 Å². The highest BCUT2D eigenvalue weighted by atomic mass is 35.5. The lowest BCUT2D eigenvalue weighted by Crippen LogP contribution is -2.41. The van der Waals surface area contributed by atoms with E-state index < -0.39 is 17.8 Å². The monoisotopic (exact) mass is 427 g/mol. The van der Waals surface area contributed by atoms with Gasteiger partial charge in [-0.3, -0.25) is 4.79 Å². The van der Waals surface area contributed by atoms with Crippen LogP contribution in [0.3, 0.4) is 0 Å². The fraction of sp³-hybridized carbons (Fsp3) is 0.167. The Bertz CT molecular complexity index is 1110. The third-order valence-electron chi connectivity index (χ3n) is 3.80. The Labute approximate surface area is 167 Å². The maximum Gasteiger partial charge on any atom is 0.352 e. The van der Waals surface area contributed by atoms with E-state index >= 15 is 0 Å². The number of ether oxygens (including phenoxy) is 1. The molecule has 0 radical (unpaired) electrons. The SMILES string of the molecule is Cc1ccc(Oc2c(Cl)cc(Cn3ncc(=O)n(C(F)F)c3=O)cc2Cl)cc1. The second-order valence-corrected chi connectivity index (χ2v) is 6.69. The Hall–Kier alpha value is -2.71. The molecular weight excluding hydrogens is 415 g/mol. The molecule has 3 rings (SSSR count). The quantitative estimate of drug-likeness (QED) is 0.610. The minimum Gasteiger partial charge on any atom is -0.454 e. The van der Waals surface area contributed by atoms with Crippen LogP contribution in [0.4, 0.5) is 8.78 Å². The molecule has 6 nitrogen and oxygen atoms in total. The van der Waals surface area contributed by atoms with Gasteiger partial charge >= 0.3 is 12.2 Å². The molecule has 0 saturated carbocycles. The maximum atomic E-state index is 12.9. The molecule has 0 atom stereocenters. The van der Waals surface area contributed by atoms with Crippen LogP contribution in [0.25, 0.3) is 0 Å². The normalized spacial score (nSPS) is 11.1. The summed E-state index contributed by atoms with van der Waals surface area (Å²) in [6, 6.07) is 10.2. The minimum atomic E-state index is -3.27. The highest BCUT2D eigenvalue weighted by Crippen LogP contribution is 2.37. The van der Waals surface area contributed by atoms with Crippen molar-refractivity contribution < 1.29 is 13.5 Å². The molecule has 2 aromatic carbocycles. The van der Waals surface area contributed by atoms with Gasteiger partial charge in [-0.15, -0.1) is 0 Å². The minimum absolute atomic E-state index is 0.165. The Morgan fingerprint density at radius 2 is 1.71 bits per heavy atom. The van der Waals surface area contributed by atoms with E-state index in [-0.39, 0.29) is 26.9 Å². The van der Waals surface area contributed by atoms with Gasteiger partial charge in [0.2, 0.25) is 0 Å². The van der Waals surface area contributed by atoms with Gasteiger partial charge in [0, 0.05) is 0 Å². The number of aryl methyl sites for hydroxylation is 1. The lowest BCUT2D eigenvalue weighted by Gasteiger charge is -2.13. The van der Waals surface area contributed by atoms with Gasteiger partial charge in [0.1, 0.15) is 11.9 Å². The number of halogens is 4. The topological polar surface area (TPSA) is 66.1 Å². The molecule has 0 aliphatic carbocycles. The Morgan fingerprint density at radius 3 is 2.29 bits per heavy atom. The summed E-state index contributed by atoms with van der Waals surface area (Å²) in [6.07, 6.45) is 0.644. The van der Waals surface area contributed by atoms with Crippen LogP contribution in [0.5, 0.6) is 11.5 Å². The van der Waals surface area contributed by atoms with Gasteiger partial charge in [-0.1, -0.05) is 40.9 Å². The van der Waals surface area contributed by atoms with Crippen molar-refractivity contribution in [2.75, 3.05) is 0 Å². The number of benzene rings is 2. The molecule has 0 spiro atoms. The number of aromatic nitrogens is 3. The zero-order valence-electron chi connectivity index (χ0n) is 14.4. The highest BCUT2D eigenvalue weighted by Gasteiger charge is 2.16. The predicted molar refractivity (Wildman–Crippen MR) is 101 cm³/mol. The van der Waals surface area contributed by atoms with Crippen molar-refractivity contribution in [3.63, 3.8) is 0 Å². The van der Waals surface area contributed by atoms with Gasteiger partial charge in [0.05, 0.1) is 16.6 Å². The van der Waals surface area contributed by atoms with E-state index in [0.29, 0.717) is 17.5 Å². The summed E-state index contributed by atoms with van der Waals surface area (Å²) < 4.78 is 32.0. The van der Waals surface area contributed by atoms with Gasteiger partial charge < -0.3 is 4.74 Å². The number of hydrogen-bond acceptors (Lipinski definition) is 4. The van der Waals surface area contributed by atoms with Gasteiger partial charge in [0.15, 0.2) is 5.75 Å². The van der Waals surface area contributed by atoms with Crippen LogP contribution in [-0.2, 0) is 6.54 Å². The van der Waals surface area contributed by atoms with E-state index in [9.17, 15) is 18.4 Å². The molecule has 0 aliphatic rings. The Kier molecular flexibility index (Phi) is 5.81. The first-order chi connectivity index (χ1) is 13.3. The molecule has 3 aromatic rings. The predicted octanol–water partition coefficient (Wildman–Crippen LogP) is 4.26. The van der Waals surface area contributed by atoms with Crippen molar-refractivity contribution in [1.82, 2.24) is 14.3 Å². The lowest BCUT2D eigenvalue weighted by atomic mass is 10.2. The summed E-state index contributed by atoms with van der Waals surface area (Å²) >= 11 is 12.5. The van der Waals surface area contributed by atoms with E-state index in [1.54, 1.807) is 12.1 Å². The molecule has 1 heterocycles. The van der Waals surface area contributed by atoms with Crippen LogP contribution in [0, 0.1) is 6.92 Å². The molecule has 0 N–H and O–H groups in total. The Morgan fingerprint density at radius 1 is 1.11 bits per heavy atom. The third kappa shape index (κ3) is 4.23. The largest absolute Gasteiger partial charge is 0.454 e. The number of alkyl halides is 2. The van der Waals surface area contributed by atoms with Crippen LogP contribution in [-0.4, -0.2) is 14.3 Å². The second-order valence-electron chi connectivity index (χ2n) is 5.87. The summed E-state index contributed by atoms with van der Waals surface area (Å²) in [5.41, 5.74) is -0.952. The summed E-state index contributed by atoms with van der Waals surface area (Å²) in [7, 11) is 0. The van der Waals surface area contributed by atoms with Crippen LogP contribution < -0.4 is 16.0 Å². The van der Waals surface area contributed by atoms with E-state index in [1.165, 1.54) is 12.1 Å². The van der Waals surface area contributed by atoms with Crippen molar-refractivity contribution in [3.05, 3.63) is 84.6 Å². The van der Waals surface area contributed by atoms with Crippen molar-refractivity contribution in [1.29, 1.82) is 0 Å². The molecule has 28 heavy (non-hydrogen) atoms. The second kappa shape index (κ2) is 8.12. The standard InChI is InChI=1S/C18H13Cl2F2N3O3/c1-10-2-4-12(5-3-10)28-16-13(19)6-11(7-14(16)20)9-24-18(27)25(17(21)22)15(26)8-23-24/h2-8,17H,9H2,1H3. The first-order valence-electron chi connectivity index (χ1n) is 7.95. The zero-order chi connectivity index (χ0) is 20.4. The summed E-state index contributed by atoms with van der Waals surface area (Å²) in [5, 5.41) is 3.92. The van der Waals surface area contributed by atoms with Crippen molar-refractivity contribution in [2.24, 2.45) is 0 Å². The van der Waals surface area contributed by atoms with E-state index in [0.717, 1.165) is 10.2 Å². The summed E-state index contributed by atoms with van der Waals surface area (Å²) in [6.45, 7) is -1.55. The van der Waals surface area contributed by atoms with Crippen LogP contribution in [0.1, 0.15) is 17.7 Å². The van der Waals surface area contributed by atoms with E-state index in [1.807, 2.05) is 19.1 Å². The van der Waals surface area contributed by atoms with Crippen LogP contribution >= 0.6 is 23.2 Å². The molecule has 0 saturated heterocycles. The van der Waals surface area contributed by atoms with Crippen LogP contribution in [0.2, 0.25) is 10.0 Å². The first kappa shape index (κ1) is 20.0. The Balaban J connectivity index is 1.91. The average Bonchev–Trinajstić information content (AvgIpc) is 2.62. The molecular formula is C18H13Cl2F2N3O3. The lowest BCUT2D eigenvalue weighted by molar-refractivity contribution is 0.0584. The maximum absolute atomic E-state index is 12.9. The van der Waals surface area contributed by atoms with Gasteiger partial charge in [-0.05, 0) is 36.8 Å². The molecule has 0 fully saturated rings. The highest BCUT2D eigenvalue weighted by molar-refractivity contribution is 6.37. The summed E-state index contributed by atoms with van der Waals surface area (Å²) in [5.74, 6) is 0.748. The van der Waals surface area contributed by atoms with Crippen molar-refractivity contribution in [2.45, 2.75) is 20.0 Å². The van der Waals surface area contributed by atoms with Crippen molar-refractivity contribution >= 4 is 23.2 Å². The number of hydrogen-bond donors (Lipinski definition) is 0. The zero-order valence-corrected chi connectivity index (χ0v) is 15.9. The van der Waals surface area contributed by atoms with Gasteiger partial charge in [-0.2, -0.15) is 18.4 Å². The first-order valence-corrected chi connectivity index (χ1v) is 8.71. The average molecular weight is 428 g/mol. The van der Waals surface area contributed by atoms with E-state index in [2.05, 4.69) is 5.10 Å². The molecule has 146 valence electrons. The fourth-order valence-electron chi connectivity index (χ4n) is 2.44. The molecule has 0 amide bonds. The number of nitrogens with zero attached hydrogens (tertiary/aromatic N) is 3. The fourth-order valence-corrected chi connectivity index (χ4v) is 3.05. The molecule has 1 aromatic heterocycles. The van der Waals surface area contributed by atoms with Gasteiger partial charge in [-0.25, -0.2) is 9.48 Å². The molecule has 0 unspecified atom stereocenters. The van der Waals surface area contributed by atoms with E-state index in [4.69, 9.17) is 27.9 Å². The smallest absolute Gasteiger partial charge is 0.352 e. The van der Waals surface area contributed by atoms with Gasteiger partial charge in [0.25, 0.3) is 5.56 Å².